The number of fused-ring (bicyclic) bond motifs is 1. The molecule has 2 amide bonds. The van der Waals surface area contributed by atoms with Crippen LogP contribution in [0.1, 0.15) is 46.5 Å². The molecule has 1 aliphatic rings. The Morgan fingerprint density at radius 3 is 2.91 bits per heavy atom. The molecule has 1 N–H and O–H groups in total. The van der Waals surface area contributed by atoms with Crippen LogP contribution in [0.4, 0.5) is 9.80 Å². The molecule has 1 atom stereocenters. The molecule has 0 saturated carbocycles. The van der Waals surface area contributed by atoms with E-state index in [2.05, 4.69) is 21.4 Å². The molecule has 3 aromatic rings. The van der Waals surface area contributed by atoms with Crippen molar-refractivity contribution in [3.8, 4) is 6.07 Å². The Morgan fingerprint density at radius 2 is 2.18 bits per heavy atom. The molecule has 0 aliphatic carbocycles. The Kier molecular flexibility index (Phi) is 6.95. The largest absolute Gasteiger partial charge is 0.444 e. The number of nitrogens with one attached hydrogen (secondary N) is 1. The molecule has 1 aliphatic heterocycles. The van der Waals surface area contributed by atoms with Gasteiger partial charge in [-0.2, -0.15) is 5.26 Å². The van der Waals surface area contributed by atoms with E-state index >= 15 is 0 Å². The number of nitrogens with zero attached hydrogens (tertiary/aromatic N) is 4. The summed E-state index contributed by atoms with van der Waals surface area (Å²) in [6.07, 6.45) is 5.42. The van der Waals surface area contributed by atoms with E-state index < -0.39 is 6.09 Å². The molecule has 0 spiro atoms. The number of nitriles is 1. The van der Waals surface area contributed by atoms with E-state index in [1.54, 1.807) is 29.6 Å². The van der Waals surface area contributed by atoms with Crippen molar-refractivity contribution in [3.05, 3.63) is 76.2 Å². The molecular weight excluding hydrogens is 438 g/mol. The third-order valence-corrected chi connectivity index (χ3v) is 6.58. The van der Waals surface area contributed by atoms with Crippen LogP contribution in [0.5, 0.6) is 0 Å². The van der Waals surface area contributed by atoms with Crippen LogP contribution in [-0.4, -0.2) is 33.4 Å². The zero-order valence-electron chi connectivity index (χ0n) is 18.2. The maximum atomic E-state index is 12.6. The lowest BCUT2D eigenvalue weighted by molar-refractivity contribution is -0.116. The van der Waals surface area contributed by atoms with Crippen molar-refractivity contribution < 1.29 is 14.3 Å². The van der Waals surface area contributed by atoms with Gasteiger partial charge in [-0.25, -0.2) is 4.79 Å². The van der Waals surface area contributed by atoms with Gasteiger partial charge in [-0.05, 0) is 30.2 Å². The first kappa shape index (κ1) is 22.4. The molecule has 3 aromatic heterocycles. The highest BCUT2D eigenvalue weighted by atomic mass is 32.1. The molecule has 0 saturated heterocycles. The molecule has 9 heteroatoms. The van der Waals surface area contributed by atoms with Crippen LogP contribution in [-0.2, 0) is 29.1 Å². The van der Waals surface area contributed by atoms with Gasteiger partial charge in [-0.3, -0.25) is 14.8 Å². The molecule has 0 radical (unpaired) electrons. The summed E-state index contributed by atoms with van der Waals surface area (Å²) in [4.78, 5) is 36.0. The van der Waals surface area contributed by atoms with Crippen molar-refractivity contribution in [1.82, 2.24) is 14.9 Å². The molecule has 0 fully saturated rings. The Morgan fingerprint density at radius 1 is 1.30 bits per heavy atom. The van der Waals surface area contributed by atoms with Crippen molar-refractivity contribution >= 4 is 28.3 Å². The first-order chi connectivity index (χ1) is 16.0. The smallest absolute Gasteiger partial charge is 0.410 e. The van der Waals surface area contributed by atoms with Crippen LogP contribution in [0.3, 0.4) is 0 Å². The first-order valence-corrected chi connectivity index (χ1v) is 11.4. The molecule has 0 aromatic carbocycles. The van der Waals surface area contributed by atoms with E-state index in [0.717, 1.165) is 21.7 Å². The maximum absolute atomic E-state index is 12.6. The van der Waals surface area contributed by atoms with Crippen molar-refractivity contribution in [2.24, 2.45) is 0 Å². The Balaban J connectivity index is 1.39. The molecule has 168 valence electrons. The summed E-state index contributed by atoms with van der Waals surface area (Å²) < 4.78 is 5.41. The second kappa shape index (κ2) is 10.2. The predicted molar refractivity (Wildman–Crippen MR) is 123 cm³/mol. The minimum Gasteiger partial charge on any atom is -0.444 e. The number of hydrogen-bond acceptors (Lipinski definition) is 7. The van der Waals surface area contributed by atoms with Gasteiger partial charge in [0.15, 0.2) is 0 Å². The SMILES string of the molecule is CC(CC(=O)Nc1sc2c(c1C#N)CCN(C(=O)OCc1cccnc1)C2)c1ccccn1. The topological polar surface area (TPSA) is 108 Å². The molecule has 0 bridgehead atoms. The predicted octanol–water partition coefficient (Wildman–Crippen LogP) is 4.24. The number of carbonyl (C=O) groups is 2. The van der Waals surface area contributed by atoms with E-state index in [1.165, 1.54) is 11.3 Å². The molecule has 4 rings (SSSR count). The van der Waals surface area contributed by atoms with E-state index in [1.807, 2.05) is 31.2 Å². The number of rotatable bonds is 6. The van der Waals surface area contributed by atoms with Crippen molar-refractivity contribution in [2.45, 2.75) is 38.8 Å². The normalized spacial score (nSPS) is 13.5. The summed E-state index contributed by atoms with van der Waals surface area (Å²) in [5.74, 6) is -0.215. The van der Waals surface area contributed by atoms with Gasteiger partial charge >= 0.3 is 6.09 Å². The van der Waals surface area contributed by atoms with Gasteiger partial charge in [0.2, 0.25) is 5.91 Å². The summed E-state index contributed by atoms with van der Waals surface area (Å²) in [5.41, 5.74) is 3.04. The minimum atomic E-state index is -0.411. The third-order valence-electron chi connectivity index (χ3n) is 5.45. The Labute approximate surface area is 195 Å². The number of hydrogen-bond donors (Lipinski definition) is 1. The first-order valence-electron chi connectivity index (χ1n) is 10.6. The number of ether oxygens (including phenoxy) is 1. The number of amides is 2. The summed E-state index contributed by atoms with van der Waals surface area (Å²) in [6.45, 7) is 2.90. The minimum absolute atomic E-state index is 0.0450. The lowest BCUT2D eigenvalue weighted by atomic mass is 10.0. The third kappa shape index (κ3) is 5.35. The van der Waals surface area contributed by atoms with Gasteiger partial charge in [0, 0.05) is 53.6 Å². The molecular formula is C24H23N5O3S. The highest BCUT2D eigenvalue weighted by molar-refractivity contribution is 7.16. The van der Waals surface area contributed by atoms with Crippen LogP contribution in [0.15, 0.2) is 48.9 Å². The number of thiophene rings is 1. The summed E-state index contributed by atoms with van der Waals surface area (Å²) in [5, 5.41) is 13.1. The lowest BCUT2D eigenvalue weighted by Gasteiger charge is -2.26. The van der Waals surface area contributed by atoms with Crippen LogP contribution in [0.2, 0.25) is 0 Å². The van der Waals surface area contributed by atoms with Crippen molar-refractivity contribution in [3.63, 3.8) is 0 Å². The van der Waals surface area contributed by atoms with Gasteiger partial charge in [-0.15, -0.1) is 11.3 Å². The molecule has 8 nitrogen and oxygen atoms in total. The highest BCUT2D eigenvalue weighted by Crippen LogP contribution is 2.37. The average molecular weight is 462 g/mol. The van der Waals surface area contributed by atoms with Gasteiger partial charge < -0.3 is 15.0 Å². The fourth-order valence-electron chi connectivity index (χ4n) is 3.71. The van der Waals surface area contributed by atoms with Crippen LogP contribution < -0.4 is 5.32 Å². The van der Waals surface area contributed by atoms with Crippen LogP contribution >= 0.6 is 11.3 Å². The second-order valence-corrected chi connectivity index (χ2v) is 8.92. The van der Waals surface area contributed by atoms with Gasteiger partial charge in [0.1, 0.15) is 17.7 Å². The van der Waals surface area contributed by atoms with E-state index in [9.17, 15) is 14.9 Å². The van der Waals surface area contributed by atoms with Crippen molar-refractivity contribution in [2.75, 3.05) is 11.9 Å². The quantitative estimate of drug-likeness (QED) is 0.588. The highest BCUT2D eigenvalue weighted by Gasteiger charge is 2.28. The maximum Gasteiger partial charge on any atom is 0.410 e. The van der Waals surface area contributed by atoms with Gasteiger partial charge in [0.05, 0.1) is 12.1 Å². The summed E-state index contributed by atoms with van der Waals surface area (Å²) >= 11 is 1.34. The fraction of sp³-hybridized carbons (Fsp3) is 0.292. The standard InChI is InChI=1S/C24H23N5O3S/c1-16(20-6-2-3-9-27-20)11-22(30)28-23-19(12-25)18-7-10-29(14-21(18)33-23)24(31)32-15-17-5-4-8-26-13-17/h2-6,8-9,13,16H,7,10-11,14-15H2,1H3,(H,28,30). The molecule has 1 unspecified atom stereocenters. The number of anilines is 1. The zero-order valence-corrected chi connectivity index (χ0v) is 19.0. The number of aromatic nitrogens is 2. The van der Waals surface area contributed by atoms with Crippen molar-refractivity contribution in [1.29, 1.82) is 5.26 Å². The second-order valence-electron chi connectivity index (χ2n) is 7.82. The molecule has 33 heavy (non-hydrogen) atoms. The lowest BCUT2D eigenvalue weighted by Crippen LogP contribution is -2.35. The number of carbonyl (C=O) groups excluding carboxylic acids is 2. The Hall–Kier alpha value is -3.77. The summed E-state index contributed by atoms with van der Waals surface area (Å²) in [7, 11) is 0. The Bertz CT molecular complexity index is 1170. The molecule has 4 heterocycles. The van der Waals surface area contributed by atoms with Gasteiger partial charge in [0.25, 0.3) is 0 Å². The van der Waals surface area contributed by atoms with Crippen LogP contribution in [0.25, 0.3) is 0 Å². The number of pyridine rings is 2. The van der Waals surface area contributed by atoms with Gasteiger partial charge in [-0.1, -0.05) is 19.1 Å². The zero-order chi connectivity index (χ0) is 23.2. The summed E-state index contributed by atoms with van der Waals surface area (Å²) in [6, 6.07) is 11.5. The monoisotopic (exact) mass is 461 g/mol. The van der Waals surface area contributed by atoms with E-state index in [4.69, 9.17) is 4.74 Å². The van der Waals surface area contributed by atoms with E-state index in [0.29, 0.717) is 30.1 Å². The van der Waals surface area contributed by atoms with Crippen LogP contribution in [0, 0.1) is 11.3 Å². The van der Waals surface area contributed by atoms with E-state index in [-0.39, 0.29) is 24.9 Å². The fourth-order valence-corrected chi connectivity index (χ4v) is 4.94. The average Bonchev–Trinajstić information content (AvgIpc) is 3.19.